The Labute approximate surface area is 150 Å². The Morgan fingerprint density at radius 2 is 1.81 bits per heavy atom. The third-order valence-electron chi connectivity index (χ3n) is 4.69. The number of aryl methyl sites for hydroxylation is 1. The fourth-order valence-electron chi connectivity index (χ4n) is 3.44. The number of fused-ring (bicyclic) bond motifs is 1. The summed E-state index contributed by atoms with van der Waals surface area (Å²) in [5, 5.41) is 5.56. The van der Waals surface area contributed by atoms with Gasteiger partial charge in [0.05, 0.1) is 11.4 Å². The van der Waals surface area contributed by atoms with Gasteiger partial charge in [-0.05, 0) is 36.6 Å². The maximum Gasteiger partial charge on any atom is 0.274 e. The molecule has 0 aliphatic carbocycles. The Kier molecular flexibility index (Phi) is 4.24. The highest BCUT2D eigenvalue weighted by atomic mass is 19.1. The second-order valence-electron chi connectivity index (χ2n) is 6.40. The standard InChI is InChI=1S/C20H18FN3O2/c21-16-10-4-6-14-7-5-13-23(19(14)16)20(26)17-11-12-18(25)24(22-17)15-8-2-1-3-9-15/h1-4,6,8-10H,5,7,11-13H2. The Hall–Kier alpha value is -3.02. The second kappa shape index (κ2) is 6.71. The Bertz CT molecular complexity index is 895. The predicted octanol–water partition coefficient (Wildman–Crippen LogP) is 3.29. The van der Waals surface area contributed by atoms with Gasteiger partial charge in [0.1, 0.15) is 11.5 Å². The molecule has 0 atom stereocenters. The molecule has 0 unspecified atom stereocenters. The van der Waals surface area contributed by atoms with Gasteiger partial charge >= 0.3 is 0 Å². The van der Waals surface area contributed by atoms with Crippen LogP contribution >= 0.6 is 0 Å². The fraction of sp³-hybridized carbons (Fsp3) is 0.250. The van der Waals surface area contributed by atoms with Crippen molar-refractivity contribution in [2.45, 2.75) is 25.7 Å². The topological polar surface area (TPSA) is 53.0 Å². The van der Waals surface area contributed by atoms with Gasteiger partial charge in [0.15, 0.2) is 0 Å². The highest BCUT2D eigenvalue weighted by Gasteiger charge is 2.32. The van der Waals surface area contributed by atoms with Crippen molar-refractivity contribution in [3.63, 3.8) is 0 Å². The first kappa shape index (κ1) is 16.4. The second-order valence-corrected chi connectivity index (χ2v) is 6.40. The molecule has 0 aromatic heterocycles. The molecule has 0 N–H and O–H groups in total. The third kappa shape index (κ3) is 2.87. The van der Waals surface area contributed by atoms with Gasteiger partial charge in [-0.3, -0.25) is 9.59 Å². The normalized spacial score (nSPS) is 17.0. The summed E-state index contributed by atoms with van der Waals surface area (Å²) in [6.45, 7) is 0.449. The fourth-order valence-corrected chi connectivity index (χ4v) is 3.44. The van der Waals surface area contributed by atoms with Crippen LogP contribution in [-0.2, 0) is 16.0 Å². The molecule has 0 spiro atoms. The minimum atomic E-state index is -0.400. The van der Waals surface area contributed by atoms with Crippen molar-refractivity contribution in [1.29, 1.82) is 0 Å². The van der Waals surface area contributed by atoms with Crippen molar-refractivity contribution < 1.29 is 14.0 Å². The summed E-state index contributed by atoms with van der Waals surface area (Å²) in [5.41, 5.74) is 2.07. The van der Waals surface area contributed by atoms with E-state index in [1.807, 2.05) is 24.3 Å². The van der Waals surface area contributed by atoms with E-state index in [1.165, 1.54) is 16.0 Å². The molecular weight excluding hydrogens is 333 g/mol. The maximum atomic E-state index is 14.4. The number of hydrogen-bond donors (Lipinski definition) is 0. The molecule has 2 aromatic carbocycles. The van der Waals surface area contributed by atoms with Crippen LogP contribution in [0, 0.1) is 5.82 Å². The van der Waals surface area contributed by atoms with Gasteiger partial charge in [0.25, 0.3) is 5.91 Å². The third-order valence-corrected chi connectivity index (χ3v) is 4.69. The van der Waals surface area contributed by atoms with Crippen LogP contribution in [0.25, 0.3) is 0 Å². The van der Waals surface area contributed by atoms with Crippen LogP contribution in [0.15, 0.2) is 53.6 Å². The quantitative estimate of drug-likeness (QED) is 0.834. The molecule has 2 aromatic rings. The highest BCUT2D eigenvalue weighted by molar-refractivity contribution is 6.44. The average Bonchev–Trinajstić information content (AvgIpc) is 2.68. The monoisotopic (exact) mass is 351 g/mol. The van der Waals surface area contributed by atoms with Crippen LogP contribution < -0.4 is 9.91 Å². The molecule has 0 radical (unpaired) electrons. The molecule has 4 rings (SSSR count). The van der Waals surface area contributed by atoms with Crippen molar-refractivity contribution >= 4 is 28.9 Å². The van der Waals surface area contributed by atoms with E-state index >= 15 is 0 Å². The summed E-state index contributed by atoms with van der Waals surface area (Å²) in [6.07, 6.45) is 1.99. The first-order chi connectivity index (χ1) is 12.6. The van der Waals surface area contributed by atoms with E-state index < -0.39 is 5.82 Å². The summed E-state index contributed by atoms with van der Waals surface area (Å²) in [5.74, 6) is -0.884. The molecule has 2 amide bonds. The van der Waals surface area contributed by atoms with Crippen LogP contribution in [-0.4, -0.2) is 24.1 Å². The lowest BCUT2D eigenvalue weighted by Crippen LogP contribution is -2.44. The smallest absolute Gasteiger partial charge is 0.274 e. The number of benzene rings is 2. The van der Waals surface area contributed by atoms with Crippen LogP contribution in [0.1, 0.15) is 24.8 Å². The number of hydrogen-bond acceptors (Lipinski definition) is 3. The van der Waals surface area contributed by atoms with E-state index in [0.29, 0.717) is 17.9 Å². The lowest BCUT2D eigenvalue weighted by Gasteiger charge is -2.31. The van der Waals surface area contributed by atoms with Crippen molar-refractivity contribution in [2.24, 2.45) is 5.10 Å². The number of rotatable bonds is 2. The number of carbonyl (C=O) groups excluding carboxylic acids is 2. The van der Waals surface area contributed by atoms with Gasteiger partial charge in [-0.15, -0.1) is 0 Å². The summed E-state index contributed by atoms with van der Waals surface area (Å²) in [6, 6.07) is 13.9. The highest BCUT2D eigenvalue weighted by Crippen LogP contribution is 2.31. The van der Waals surface area contributed by atoms with E-state index in [9.17, 15) is 14.0 Å². The lowest BCUT2D eigenvalue weighted by atomic mass is 10.00. The first-order valence-electron chi connectivity index (χ1n) is 8.70. The van der Waals surface area contributed by atoms with E-state index in [4.69, 9.17) is 0 Å². The first-order valence-corrected chi connectivity index (χ1v) is 8.70. The van der Waals surface area contributed by atoms with Crippen molar-refractivity contribution in [1.82, 2.24) is 0 Å². The molecular formula is C20H18FN3O2. The number of anilines is 2. The summed E-state index contributed by atoms with van der Waals surface area (Å²) >= 11 is 0. The molecule has 2 aliphatic heterocycles. The number of nitrogens with zero attached hydrogens (tertiary/aromatic N) is 3. The van der Waals surface area contributed by atoms with Gasteiger partial charge in [-0.1, -0.05) is 30.3 Å². The zero-order chi connectivity index (χ0) is 18.1. The minimum absolute atomic E-state index is 0.155. The Morgan fingerprint density at radius 1 is 1.00 bits per heavy atom. The van der Waals surface area contributed by atoms with E-state index in [2.05, 4.69) is 5.10 Å². The molecule has 0 saturated heterocycles. The molecule has 6 heteroatoms. The zero-order valence-corrected chi connectivity index (χ0v) is 14.2. The molecule has 2 heterocycles. The van der Waals surface area contributed by atoms with Crippen molar-refractivity contribution in [2.75, 3.05) is 16.5 Å². The Morgan fingerprint density at radius 3 is 2.62 bits per heavy atom. The summed E-state index contributed by atoms with van der Waals surface area (Å²) in [4.78, 5) is 26.7. The lowest BCUT2D eigenvalue weighted by molar-refractivity contribution is -0.118. The summed E-state index contributed by atoms with van der Waals surface area (Å²) in [7, 11) is 0. The molecule has 0 fully saturated rings. The number of amides is 2. The zero-order valence-electron chi connectivity index (χ0n) is 14.2. The van der Waals surface area contributed by atoms with Crippen LogP contribution in [0.3, 0.4) is 0 Å². The largest absolute Gasteiger partial charge is 0.304 e. The number of carbonyl (C=O) groups is 2. The van der Waals surface area contributed by atoms with Crippen molar-refractivity contribution in [3.8, 4) is 0 Å². The molecule has 2 aliphatic rings. The number of hydrazone groups is 1. The average molecular weight is 351 g/mol. The van der Waals surface area contributed by atoms with Crippen LogP contribution in [0.5, 0.6) is 0 Å². The van der Waals surface area contributed by atoms with E-state index in [0.717, 1.165) is 18.4 Å². The molecule has 132 valence electrons. The van der Waals surface area contributed by atoms with E-state index in [-0.39, 0.29) is 30.4 Å². The minimum Gasteiger partial charge on any atom is -0.304 e. The predicted molar refractivity (Wildman–Crippen MR) is 97.7 cm³/mol. The van der Waals surface area contributed by atoms with Gasteiger partial charge in [0.2, 0.25) is 5.91 Å². The SMILES string of the molecule is O=C(C1=NN(c2ccccc2)C(=O)CC1)N1CCCc2cccc(F)c21. The van der Waals surface area contributed by atoms with Crippen LogP contribution in [0.2, 0.25) is 0 Å². The maximum absolute atomic E-state index is 14.4. The number of halogens is 1. The molecule has 26 heavy (non-hydrogen) atoms. The summed E-state index contributed by atoms with van der Waals surface area (Å²) < 4.78 is 14.4. The van der Waals surface area contributed by atoms with Gasteiger partial charge in [0, 0.05) is 19.4 Å². The van der Waals surface area contributed by atoms with Gasteiger partial charge in [-0.25, -0.2) is 9.40 Å². The molecule has 5 nitrogen and oxygen atoms in total. The van der Waals surface area contributed by atoms with Crippen molar-refractivity contribution in [3.05, 3.63) is 59.9 Å². The molecule has 0 bridgehead atoms. The Balaban J connectivity index is 1.68. The number of para-hydroxylation sites is 2. The van der Waals surface area contributed by atoms with E-state index in [1.54, 1.807) is 18.2 Å². The van der Waals surface area contributed by atoms with Crippen LogP contribution in [0.4, 0.5) is 15.8 Å². The molecule has 0 saturated carbocycles. The van der Waals surface area contributed by atoms with Gasteiger partial charge < -0.3 is 4.90 Å². The van der Waals surface area contributed by atoms with Gasteiger partial charge in [-0.2, -0.15) is 5.10 Å².